The Morgan fingerprint density at radius 3 is 2.45 bits per heavy atom. The van der Waals surface area contributed by atoms with Gasteiger partial charge in [-0.05, 0) is 47.9 Å². The summed E-state index contributed by atoms with van der Waals surface area (Å²) in [6, 6.07) is 9.65. The van der Waals surface area contributed by atoms with E-state index in [1.54, 1.807) is 14.2 Å². The van der Waals surface area contributed by atoms with E-state index in [9.17, 15) is 9.59 Å². The summed E-state index contributed by atoms with van der Waals surface area (Å²) in [6.07, 6.45) is 2.76. The van der Waals surface area contributed by atoms with Crippen LogP contribution in [0.1, 0.15) is 55.5 Å². The summed E-state index contributed by atoms with van der Waals surface area (Å²) in [7, 11) is 3.16. The monoisotopic (exact) mass is 426 g/mol. The van der Waals surface area contributed by atoms with Crippen LogP contribution in [0.2, 0.25) is 0 Å². The third kappa shape index (κ3) is 5.19. The van der Waals surface area contributed by atoms with Gasteiger partial charge in [0.05, 0.1) is 20.8 Å². The average Bonchev–Trinajstić information content (AvgIpc) is 3.11. The highest BCUT2D eigenvalue weighted by atomic mass is 16.5. The lowest BCUT2D eigenvalue weighted by Crippen LogP contribution is -2.22. The zero-order valence-electron chi connectivity index (χ0n) is 18.6. The maximum Gasteiger partial charge on any atom is 0.303 e. The molecule has 1 N–H and O–H groups in total. The largest absolute Gasteiger partial charge is 0.493 e. The van der Waals surface area contributed by atoms with Crippen molar-refractivity contribution in [1.29, 1.82) is 0 Å². The Morgan fingerprint density at radius 2 is 1.77 bits per heavy atom. The minimum atomic E-state index is -0.788. The molecule has 166 valence electrons. The molecule has 0 atom stereocenters. The minimum Gasteiger partial charge on any atom is -0.493 e. The summed E-state index contributed by atoms with van der Waals surface area (Å²) in [6.45, 7) is 4.51. The quantitative estimate of drug-likeness (QED) is 0.565. The van der Waals surface area contributed by atoms with Crippen molar-refractivity contribution < 1.29 is 28.9 Å². The van der Waals surface area contributed by atoms with E-state index in [-0.39, 0.29) is 17.6 Å². The Kier molecular flexibility index (Phi) is 6.88. The molecule has 0 heterocycles. The zero-order chi connectivity index (χ0) is 22.6. The molecule has 0 unspecified atom stereocenters. The Balaban J connectivity index is 1.92. The van der Waals surface area contributed by atoms with Gasteiger partial charge in [-0.25, -0.2) is 0 Å². The molecule has 1 aliphatic carbocycles. The van der Waals surface area contributed by atoms with Crippen LogP contribution in [0.4, 0.5) is 0 Å². The van der Waals surface area contributed by atoms with E-state index in [0.29, 0.717) is 36.7 Å². The summed E-state index contributed by atoms with van der Waals surface area (Å²) in [5.41, 5.74) is 3.45. The zero-order valence-corrected chi connectivity index (χ0v) is 18.6. The third-order valence-electron chi connectivity index (χ3n) is 5.69. The fourth-order valence-corrected chi connectivity index (χ4v) is 3.95. The summed E-state index contributed by atoms with van der Waals surface area (Å²) in [4.78, 5) is 22.8. The molecular formula is C25H30O6. The summed E-state index contributed by atoms with van der Waals surface area (Å²) < 4.78 is 17.4. The van der Waals surface area contributed by atoms with Crippen LogP contribution in [0.15, 0.2) is 30.3 Å². The molecule has 0 saturated carbocycles. The first-order chi connectivity index (χ1) is 14.8. The lowest BCUT2D eigenvalue weighted by Gasteiger charge is -2.26. The highest BCUT2D eigenvalue weighted by Crippen LogP contribution is 2.45. The molecule has 0 aromatic heterocycles. The molecule has 2 aromatic rings. The average molecular weight is 427 g/mol. The van der Waals surface area contributed by atoms with E-state index in [2.05, 4.69) is 13.8 Å². The fraction of sp³-hybridized carbons (Fsp3) is 0.440. The van der Waals surface area contributed by atoms with Crippen molar-refractivity contribution in [2.75, 3.05) is 20.8 Å². The second-order valence-electron chi connectivity index (χ2n) is 8.67. The highest BCUT2D eigenvalue weighted by Gasteiger charge is 2.25. The van der Waals surface area contributed by atoms with Gasteiger partial charge in [-0.3, -0.25) is 9.59 Å². The van der Waals surface area contributed by atoms with Crippen LogP contribution in [0.5, 0.6) is 17.2 Å². The van der Waals surface area contributed by atoms with Crippen molar-refractivity contribution in [2.45, 2.75) is 46.0 Å². The Hall–Kier alpha value is -3.02. The van der Waals surface area contributed by atoms with Crippen LogP contribution in [-0.4, -0.2) is 37.7 Å². The number of carboxylic acid groups (broad SMARTS) is 1. The van der Waals surface area contributed by atoms with Gasteiger partial charge in [0.2, 0.25) is 5.75 Å². The highest BCUT2D eigenvalue weighted by molar-refractivity contribution is 6.01. The first kappa shape index (κ1) is 22.7. The van der Waals surface area contributed by atoms with Crippen molar-refractivity contribution in [1.82, 2.24) is 0 Å². The smallest absolute Gasteiger partial charge is 0.303 e. The Bertz CT molecular complexity index is 976. The molecule has 31 heavy (non-hydrogen) atoms. The standard InChI is InChI=1S/C25H30O6/c1-25(2,13-5-6-22(27)28)15-31-23-19(10-12-21(29-3)24(23)30-4)17-7-9-18-16(14-17)8-11-20(18)26/h7,9-10,12,14H,5-6,8,11,13,15H2,1-4H3,(H,27,28). The van der Waals surface area contributed by atoms with Crippen LogP contribution < -0.4 is 14.2 Å². The number of hydrogen-bond acceptors (Lipinski definition) is 5. The molecular weight excluding hydrogens is 396 g/mol. The number of aryl methyl sites for hydroxylation is 1. The first-order valence-corrected chi connectivity index (χ1v) is 10.5. The number of rotatable bonds is 10. The van der Waals surface area contributed by atoms with Crippen LogP contribution in [0.3, 0.4) is 0 Å². The minimum absolute atomic E-state index is 0.144. The predicted molar refractivity (Wildman–Crippen MR) is 118 cm³/mol. The normalized spacial score (nSPS) is 13.1. The van der Waals surface area contributed by atoms with Crippen molar-refractivity contribution >= 4 is 11.8 Å². The lowest BCUT2D eigenvalue weighted by molar-refractivity contribution is -0.137. The maximum atomic E-state index is 12.0. The molecule has 6 nitrogen and oxygen atoms in total. The molecule has 0 saturated heterocycles. The van der Waals surface area contributed by atoms with Gasteiger partial charge >= 0.3 is 5.97 Å². The number of carbonyl (C=O) groups excluding carboxylic acids is 1. The topological polar surface area (TPSA) is 82.1 Å². The fourth-order valence-electron chi connectivity index (χ4n) is 3.95. The molecule has 0 radical (unpaired) electrons. The second-order valence-corrected chi connectivity index (χ2v) is 8.67. The summed E-state index contributed by atoms with van der Waals surface area (Å²) in [5, 5.41) is 8.91. The molecule has 0 fully saturated rings. The molecule has 0 amide bonds. The van der Waals surface area contributed by atoms with Gasteiger partial charge in [0, 0.05) is 24.0 Å². The van der Waals surface area contributed by atoms with Gasteiger partial charge in [-0.1, -0.05) is 32.0 Å². The number of fused-ring (bicyclic) bond motifs is 1. The third-order valence-corrected chi connectivity index (χ3v) is 5.69. The summed E-state index contributed by atoms with van der Waals surface area (Å²) in [5.74, 6) is 1.06. The maximum absolute atomic E-state index is 12.0. The predicted octanol–water partition coefficient (Wildman–Crippen LogP) is 5.16. The van der Waals surface area contributed by atoms with Crippen LogP contribution >= 0.6 is 0 Å². The van der Waals surface area contributed by atoms with Crippen LogP contribution in [-0.2, 0) is 11.2 Å². The van der Waals surface area contributed by atoms with E-state index >= 15 is 0 Å². The van der Waals surface area contributed by atoms with Gasteiger partial charge < -0.3 is 19.3 Å². The van der Waals surface area contributed by atoms with Gasteiger partial charge in [-0.15, -0.1) is 0 Å². The van der Waals surface area contributed by atoms with Crippen molar-refractivity contribution in [3.8, 4) is 28.4 Å². The Morgan fingerprint density at radius 1 is 1.03 bits per heavy atom. The summed E-state index contributed by atoms with van der Waals surface area (Å²) >= 11 is 0. The van der Waals surface area contributed by atoms with E-state index in [0.717, 1.165) is 35.1 Å². The van der Waals surface area contributed by atoms with Gasteiger partial charge in [0.1, 0.15) is 0 Å². The van der Waals surface area contributed by atoms with E-state index in [1.165, 1.54) is 0 Å². The molecule has 0 spiro atoms. The van der Waals surface area contributed by atoms with Crippen LogP contribution in [0.25, 0.3) is 11.1 Å². The number of carbonyl (C=O) groups is 2. The van der Waals surface area contributed by atoms with E-state index in [4.69, 9.17) is 19.3 Å². The molecule has 2 aromatic carbocycles. The number of hydrogen-bond donors (Lipinski definition) is 1. The molecule has 6 heteroatoms. The van der Waals surface area contributed by atoms with Crippen molar-refractivity contribution in [3.63, 3.8) is 0 Å². The number of carboxylic acids is 1. The number of benzene rings is 2. The number of ketones is 1. The lowest BCUT2D eigenvalue weighted by atomic mass is 9.88. The first-order valence-electron chi connectivity index (χ1n) is 10.5. The van der Waals surface area contributed by atoms with Gasteiger partial charge in [-0.2, -0.15) is 0 Å². The Labute approximate surface area is 183 Å². The van der Waals surface area contributed by atoms with E-state index in [1.807, 2.05) is 30.3 Å². The SMILES string of the molecule is COc1ccc(-c2ccc3c(c2)CCC3=O)c(OCC(C)(C)CCCC(=O)O)c1OC. The van der Waals surface area contributed by atoms with Gasteiger partial charge in [0.25, 0.3) is 0 Å². The van der Waals surface area contributed by atoms with Crippen molar-refractivity contribution in [3.05, 3.63) is 41.5 Å². The number of Topliss-reactive ketones (excluding diaryl/α,β-unsaturated/α-hetero) is 1. The number of aliphatic carboxylic acids is 1. The second kappa shape index (κ2) is 9.41. The van der Waals surface area contributed by atoms with Gasteiger partial charge in [0.15, 0.2) is 17.3 Å². The molecule has 3 rings (SSSR count). The molecule has 1 aliphatic rings. The molecule has 0 bridgehead atoms. The molecule has 0 aliphatic heterocycles. The number of methoxy groups -OCH3 is 2. The van der Waals surface area contributed by atoms with E-state index < -0.39 is 5.97 Å². The number of ether oxygens (including phenoxy) is 3. The van der Waals surface area contributed by atoms with Crippen LogP contribution in [0, 0.1) is 5.41 Å². The van der Waals surface area contributed by atoms with Crippen molar-refractivity contribution in [2.24, 2.45) is 5.41 Å².